The summed E-state index contributed by atoms with van der Waals surface area (Å²) in [5, 5.41) is 0. The molecule has 2 N–H and O–H groups in total. The van der Waals surface area contributed by atoms with Crippen LogP contribution in [0.15, 0.2) is 0 Å². The topological polar surface area (TPSA) is 60.2 Å². The minimum absolute atomic E-state index is 0.276. The highest BCUT2D eigenvalue weighted by molar-refractivity contribution is 4.81. The molecule has 1 fully saturated rings. The fourth-order valence-electron chi connectivity index (χ4n) is 2.61. The number of ether oxygens (including phenoxy) is 3. The van der Waals surface area contributed by atoms with E-state index in [4.69, 9.17) is 19.9 Å². The molecule has 0 saturated carbocycles. The molecular formula is C18H39N3O3. The molecule has 6 nitrogen and oxygen atoms in total. The van der Waals surface area contributed by atoms with Crippen molar-refractivity contribution in [2.75, 3.05) is 72.4 Å². The standard InChI is InChI=1S/C18H39N3O3/c1-17(2,3)21-8-6-20(7-9-21)10-11-22-12-13-23-14-15-24-16-18(4,5)19/h6-16,19H2,1-5H3. The maximum atomic E-state index is 5.83. The van der Waals surface area contributed by atoms with Gasteiger partial charge < -0.3 is 19.9 Å². The number of rotatable bonds is 11. The third-order valence-corrected chi connectivity index (χ3v) is 4.09. The number of nitrogens with zero attached hydrogens (tertiary/aromatic N) is 2. The first-order valence-electron chi connectivity index (χ1n) is 9.18. The number of nitrogens with two attached hydrogens (primary N) is 1. The van der Waals surface area contributed by atoms with Crippen LogP contribution in [0.3, 0.4) is 0 Å². The Kier molecular flexibility index (Phi) is 9.71. The van der Waals surface area contributed by atoms with Gasteiger partial charge in [0.15, 0.2) is 0 Å². The smallest absolute Gasteiger partial charge is 0.0701 e. The second-order valence-corrected chi connectivity index (χ2v) is 8.27. The average Bonchev–Trinajstić information content (AvgIpc) is 2.47. The minimum atomic E-state index is -0.276. The van der Waals surface area contributed by atoms with E-state index in [2.05, 4.69) is 30.6 Å². The zero-order valence-electron chi connectivity index (χ0n) is 16.5. The molecule has 1 aliphatic heterocycles. The van der Waals surface area contributed by atoms with Crippen LogP contribution >= 0.6 is 0 Å². The van der Waals surface area contributed by atoms with E-state index >= 15 is 0 Å². The van der Waals surface area contributed by atoms with E-state index in [1.165, 1.54) is 0 Å². The van der Waals surface area contributed by atoms with Gasteiger partial charge in [-0.15, -0.1) is 0 Å². The molecule has 0 aliphatic carbocycles. The van der Waals surface area contributed by atoms with Crippen molar-refractivity contribution in [3.8, 4) is 0 Å². The van der Waals surface area contributed by atoms with Crippen molar-refractivity contribution in [1.82, 2.24) is 9.80 Å². The maximum absolute atomic E-state index is 5.83. The van der Waals surface area contributed by atoms with Gasteiger partial charge >= 0.3 is 0 Å². The van der Waals surface area contributed by atoms with Crippen molar-refractivity contribution in [2.45, 2.75) is 45.7 Å². The van der Waals surface area contributed by atoms with Crippen LogP contribution in [-0.4, -0.2) is 93.2 Å². The first-order chi connectivity index (χ1) is 11.2. The predicted molar refractivity (Wildman–Crippen MR) is 98.5 cm³/mol. The molecule has 1 aliphatic rings. The molecule has 1 rings (SSSR count). The SMILES string of the molecule is CC(C)(N)COCCOCCOCCN1CCN(C(C)(C)C)CC1. The van der Waals surface area contributed by atoms with Crippen molar-refractivity contribution in [3.63, 3.8) is 0 Å². The third-order valence-electron chi connectivity index (χ3n) is 4.09. The van der Waals surface area contributed by atoms with Gasteiger partial charge in [0, 0.05) is 43.8 Å². The summed E-state index contributed by atoms with van der Waals surface area (Å²) in [5.74, 6) is 0. The molecule has 0 radical (unpaired) electrons. The van der Waals surface area contributed by atoms with Crippen LogP contribution < -0.4 is 5.73 Å². The summed E-state index contributed by atoms with van der Waals surface area (Å²) in [6, 6.07) is 0. The molecule has 0 amide bonds. The molecule has 0 aromatic rings. The van der Waals surface area contributed by atoms with Crippen LogP contribution in [0.5, 0.6) is 0 Å². The second kappa shape index (κ2) is 10.7. The summed E-state index contributed by atoms with van der Waals surface area (Å²) in [6.45, 7) is 20.1. The maximum Gasteiger partial charge on any atom is 0.0701 e. The van der Waals surface area contributed by atoms with Crippen molar-refractivity contribution >= 4 is 0 Å². The van der Waals surface area contributed by atoms with Crippen LogP contribution in [0.1, 0.15) is 34.6 Å². The van der Waals surface area contributed by atoms with Crippen molar-refractivity contribution in [1.29, 1.82) is 0 Å². The highest BCUT2D eigenvalue weighted by atomic mass is 16.5. The molecule has 0 aromatic heterocycles. The summed E-state index contributed by atoms with van der Waals surface area (Å²) in [7, 11) is 0. The molecule has 24 heavy (non-hydrogen) atoms. The summed E-state index contributed by atoms with van der Waals surface area (Å²) in [4.78, 5) is 5.03. The first kappa shape index (κ1) is 21.8. The van der Waals surface area contributed by atoms with Crippen molar-refractivity contribution < 1.29 is 14.2 Å². The predicted octanol–water partition coefficient (Wildman–Crippen LogP) is 1.19. The van der Waals surface area contributed by atoms with E-state index in [0.29, 0.717) is 33.0 Å². The molecule has 0 bridgehead atoms. The Morgan fingerprint density at radius 1 is 0.750 bits per heavy atom. The molecule has 0 aromatic carbocycles. The lowest BCUT2D eigenvalue weighted by Crippen LogP contribution is -2.53. The summed E-state index contributed by atoms with van der Waals surface area (Å²) >= 11 is 0. The Balaban J connectivity index is 1.88. The van der Waals surface area contributed by atoms with Crippen LogP contribution in [0.2, 0.25) is 0 Å². The Morgan fingerprint density at radius 3 is 1.75 bits per heavy atom. The van der Waals surface area contributed by atoms with Gasteiger partial charge in [-0.05, 0) is 34.6 Å². The zero-order valence-corrected chi connectivity index (χ0v) is 16.5. The fourth-order valence-corrected chi connectivity index (χ4v) is 2.61. The van der Waals surface area contributed by atoms with Gasteiger partial charge in [-0.1, -0.05) is 0 Å². The lowest BCUT2D eigenvalue weighted by Gasteiger charge is -2.42. The molecule has 1 saturated heterocycles. The monoisotopic (exact) mass is 345 g/mol. The van der Waals surface area contributed by atoms with Gasteiger partial charge in [0.25, 0.3) is 0 Å². The first-order valence-corrected chi connectivity index (χ1v) is 9.18. The highest BCUT2D eigenvalue weighted by Gasteiger charge is 2.25. The lowest BCUT2D eigenvalue weighted by molar-refractivity contribution is -0.000820. The van der Waals surface area contributed by atoms with Crippen LogP contribution in [0, 0.1) is 0 Å². The van der Waals surface area contributed by atoms with Crippen LogP contribution in [0.25, 0.3) is 0 Å². The molecule has 0 unspecified atom stereocenters. The second-order valence-electron chi connectivity index (χ2n) is 8.27. The Morgan fingerprint density at radius 2 is 1.25 bits per heavy atom. The van der Waals surface area contributed by atoms with Crippen LogP contribution in [0.4, 0.5) is 0 Å². The number of piperazine rings is 1. The van der Waals surface area contributed by atoms with E-state index in [1.54, 1.807) is 0 Å². The molecular weight excluding hydrogens is 306 g/mol. The average molecular weight is 346 g/mol. The Bertz CT molecular complexity index is 318. The third kappa shape index (κ3) is 10.6. The van der Waals surface area contributed by atoms with Gasteiger partial charge in [-0.3, -0.25) is 9.80 Å². The van der Waals surface area contributed by atoms with Gasteiger partial charge in [0.05, 0.1) is 39.6 Å². The minimum Gasteiger partial charge on any atom is -0.378 e. The lowest BCUT2D eigenvalue weighted by atomic mass is 10.1. The number of hydrogen-bond donors (Lipinski definition) is 1. The van der Waals surface area contributed by atoms with Gasteiger partial charge in [0.1, 0.15) is 0 Å². The van der Waals surface area contributed by atoms with Crippen LogP contribution in [-0.2, 0) is 14.2 Å². The van der Waals surface area contributed by atoms with Crippen molar-refractivity contribution in [3.05, 3.63) is 0 Å². The Hall–Kier alpha value is -0.240. The van der Waals surface area contributed by atoms with E-state index < -0.39 is 0 Å². The summed E-state index contributed by atoms with van der Waals surface area (Å²) < 4.78 is 16.6. The fraction of sp³-hybridized carbons (Fsp3) is 1.00. The van der Waals surface area contributed by atoms with Crippen molar-refractivity contribution in [2.24, 2.45) is 5.73 Å². The van der Waals surface area contributed by atoms with E-state index in [-0.39, 0.29) is 11.1 Å². The normalized spacial score (nSPS) is 18.2. The molecule has 0 spiro atoms. The quantitative estimate of drug-likeness (QED) is 0.568. The highest BCUT2D eigenvalue weighted by Crippen LogP contribution is 2.15. The van der Waals surface area contributed by atoms with E-state index in [1.807, 2.05) is 13.8 Å². The van der Waals surface area contributed by atoms with Gasteiger partial charge in [0.2, 0.25) is 0 Å². The number of hydrogen-bond acceptors (Lipinski definition) is 6. The zero-order chi connectivity index (χ0) is 18.1. The van der Waals surface area contributed by atoms with E-state index in [0.717, 1.165) is 39.3 Å². The summed E-state index contributed by atoms with van der Waals surface area (Å²) in [6.07, 6.45) is 0. The van der Waals surface area contributed by atoms with E-state index in [9.17, 15) is 0 Å². The Labute approximate surface area is 148 Å². The molecule has 0 atom stereocenters. The van der Waals surface area contributed by atoms with Gasteiger partial charge in [-0.25, -0.2) is 0 Å². The molecule has 1 heterocycles. The molecule has 144 valence electrons. The largest absolute Gasteiger partial charge is 0.378 e. The molecule has 6 heteroatoms. The summed E-state index contributed by atoms with van der Waals surface area (Å²) in [5.41, 5.74) is 5.83. The van der Waals surface area contributed by atoms with Gasteiger partial charge in [-0.2, -0.15) is 0 Å².